The molecule has 0 fully saturated rings. The van der Waals surface area contributed by atoms with Gasteiger partial charge in [0.25, 0.3) is 0 Å². The van der Waals surface area contributed by atoms with Crippen LogP contribution >= 0.6 is 11.6 Å². The van der Waals surface area contributed by atoms with Crippen molar-refractivity contribution in [2.75, 3.05) is 7.11 Å². The van der Waals surface area contributed by atoms with E-state index in [1.165, 1.54) is 0 Å². The van der Waals surface area contributed by atoms with E-state index in [-0.39, 0.29) is 0 Å². The molecule has 4 heteroatoms. The van der Waals surface area contributed by atoms with Crippen molar-refractivity contribution in [3.63, 3.8) is 0 Å². The lowest BCUT2D eigenvalue weighted by Gasteiger charge is -2.01. The van der Waals surface area contributed by atoms with Gasteiger partial charge in [-0.25, -0.2) is 0 Å². The zero-order valence-electron chi connectivity index (χ0n) is 8.24. The average Bonchev–Trinajstić information content (AvgIpc) is 2.66. The second-order valence-corrected chi connectivity index (χ2v) is 3.52. The first kappa shape index (κ1) is 10.2. The zero-order valence-corrected chi connectivity index (χ0v) is 8.99. The van der Waals surface area contributed by atoms with Crippen molar-refractivity contribution in [1.82, 2.24) is 5.16 Å². The summed E-state index contributed by atoms with van der Waals surface area (Å²) in [7, 11) is 1.67. The van der Waals surface area contributed by atoms with Gasteiger partial charge in [-0.3, -0.25) is 0 Å². The lowest BCUT2D eigenvalue weighted by Crippen LogP contribution is -1.87. The first-order valence-corrected chi connectivity index (χ1v) is 4.88. The molecule has 0 N–H and O–H groups in total. The highest BCUT2D eigenvalue weighted by atomic mass is 35.5. The molecule has 3 nitrogen and oxygen atoms in total. The lowest BCUT2D eigenvalue weighted by molar-refractivity contribution is 0.185. The Labute approximate surface area is 92.6 Å². The molecule has 0 aliphatic rings. The Kier molecular flexibility index (Phi) is 3.04. The molecular weight excluding hydrogens is 214 g/mol. The third-order valence-electron chi connectivity index (χ3n) is 2.02. The third kappa shape index (κ3) is 2.37. The molecular formula is C11H10ClNO2. The van der Waals surface area contributed by atoms with E-state index < -0.39 is 0 Å². The Hall–Kier alpha value is -1.32. The van der Waals surface area contributed by atoms with E-state index in [9.17, 15) is 0 Å². The quantitative estimate of drug-likeness (QED) is 0.802. The predicted molar refractivity (Wildman–Crippen MR) is 57.7 cm³/mol. The molecule has 0 aliphatic carbocycles. The first-order chi connectivity index (χ1) is 7.29. The summed E-state index contributed by atoms with van der Waals surface area (Å²) in [6.45, 7) is 0.583. The van der Waals surface area contributed by atoms with Crippen molar-refractivity contribution in [2.24, 2.45) is 0 Å². The van der Waals surface area contributed by atoms with E-state index in [4.69, 9.17) is 20.9 Å². The van der Waals surface area contributed by atoms with Gasteiger partial charge in [0.2, 0.25) is 5.22 Å². The number of halogens is 1. The molecule has 0 spiro atoms. The SMILES string of the molecule is COCc1cccc(-c2cc(Cl)on2)c1. The topological polar surface area (TPSA) is 35.3 Å². The Morgan fingerprint density at radius 3 is 2.93 bits per heavy atom. The number of ether oxygens (including phenoxy) is 1. The highest BCUT2D eigenvalue weighted by molar-refractivity contribution is 6.29. The Balaban J connectivity index is 2.32. The molecule has 0 saturated heterocycles. The molecule has 0 bridgehead atoms. The van der Waals surface area contributed by atoms with E-state index in [2.05, 4.69) is 5.16 Å². The van der Waals surface area contributed by atoms with Crippen LogP contribution in [-0.2, 0) is 11.3 Å². The zero-order chi connectivity index (χ0) is 10.7. The van der Waals surface area contributed by atoms with Gasteiger partial charge in [0, 0.05) is 18.7 Å². The maximum Gasteiger partial charge on any atom is 0.226 e. The summed E-state index contributed by atoms with van der Waals surface area (Å²) in [5.41, 5.74) is 2.80. The van der Waals surface area contributed by atoms with Gasteiger partial charge in [-0.1, -0.05) is 23.4 Å². The van der Waals surface area contributed by atoms with E-state index in [1.54, 1.807) is 13.2 Å². The molecule has 0 amide bonds. The summed E-state index contributed by atoms with van der Waals surface area (Å²) in [5, 5.41) is 4.13. The van der Waals surface area contributed by atoms with Gasteiger partial charge in [0.05, 0.1) is 6.61 Å². The van der Waals surface area contributed by atoms with E-state index in [1.807, 2.05) is 24.3 Å². The standard InChI is InChI=1S/C11H10ClNO2/c1-14-7-8-3-2-4-9(5-8)10-6-11(12)15-13-10/h2-6H,7H2,1H3. The van der Waals surface area contributed by atoms with Crippen molar-refractivity contribution in [2.45, 2.75) is 6.61 Å². The normalized spacial score (nSPS) is 10.5. The number of rotatable bonds is 3. The third-order valence-corrected chi connectivity index (χ3v) is 2.19. The second-order valence-electron chi connectivity index (χ2n) is 3.15. The fourth-order valence-corrected chi connectivity index (χ4v) is 1.51. The van der Waals surface area contributed by atoms with Gasteiger partial charge in [-0.2, -0.15) is 0 Å². The molecule has 78 valence electrons. The molecule has 1 aromatic carbocycles. The van der Waals surface area contributed by atoms with Crippen LogP contribution in [0.2, 0.25) is 5.22 Å². The first-order valence-electron chi connectivity index (χ1n) is 4.50. The van der Waals surface area contributed by atoms with Crippen LogP contribution < -0.4 is 0 Å². The highest BCUT2D eigenvalue weighted by Crippen LogP contribution is 2.22. The smallest absolute Gasteiger partial charge is 0.226 e. The summed E-state index contributed by atoms with van der Waals surface area (Å²) in [5.74, 6) is 0. The summed E-state index contributed by atoms with van der Waals surface area (Å²) in [6.07, 6.45) is 0. The van der Waals surface area contributed by atoms with Crippen LogP contribution in [-0.4, -0.2) is 12.3 Å². The maximum atomic E-state index is 5.66. The van der Waals surface area contributed by atoms with E-state index >= 15 is 0 Å². The van der Waals surface area contributed by atoms with Gasteiger partial charge in [-0.05, 0) is 23.2 Å². The van der Waals surface area contributed by atoms with Gasteiger partial charge in [-0.15, -0.1) is 0 Å². The Morgan fingerprint density at radius 1 is 1.40 bits per heavy atom. The molecule has 0 radical (unpaired) electrons. The Morgan fingerprint density at radius 2 is 2.27 bits per heavy atom. The molecule has 1 aromatic heterocycles. The van der Waals surface area contributed by atoms with E-state index in [0.717, 1.165) is 16.8 Å². The van der Waals surface area contributed by atoms with Crippen LogP contribution in [0.4, 0.5) is 0 Å². The van der Waals surface area contributed by atoms with Gasteiger partial charge in [0.1, 0.15) is 5.69 Å². The van der Waals surface area contributed by atoms with Crippen molar-refractivity contribution >= 4 is 11.6 Å². The number of hydrogen-bond donors (Lipinski definition) is 0. The summed E-state index contributed by atoms with van der Waals surface area (Å²) in [6, 6.07) is 9.58. The molecule has 1 heterocycles. The van der Waals surface area contributed by atoms with Crippen molar-refractivity contribution in [1.29, 1.82) is 0 Å². The van der Waals surface area contributed by atoms with Crippen LogP contribution in [0, 0.1) is 0 Å². The summed E-state index contributed by atoms with van der Waals surface area (Å²) >= 11 is 5.66. The van der Waals surface area contributed by atoms with Crippen LogP contribution in [0.25, 0.3) is 11.3 Å². The summed E-state index contributed by atoms with van der Waals surface area (Å²) < 4.78 is 9.86. The molecule has 2 aromatic rings. The van der Waals surface area contributed by atoms with E-state index in [0.29, 0.717) is 11.8 Å². The predicted octanol–water partition coefficient (Wildman–Crippen LogP) is 3.14. The minimum absolute atomic E-state index is 0.294. The largest absolute Gasteiger partial charge is 0.380 e. The number of methoxy groups -OCH3 is 1. The fraction of sp³-hybridized carbons (Fsp3) is 0.182. The lowest BCUT2D eigenvalue weighted by atomic mass is 10.1. The van der Waals surface area contributed by atoms with Crippen molar-refractivity contribution in [3.8, 4) is 11.3 Å². The molecule has 0 aliphatic heterocycles. The highest BCUT2D eigenvalue weighted by Gasteiger charge is 2.04. The van der Waals surface area contributed by atoms with Crippen LogP contribution in [0.1, 0.15) is 5.56 Å². The number of nitrogens with zero attached hydrogens (tertiary/aromatic N) is 1. The van der Waals surface area contributed by atoms with Gasteiger partial charge >= 0.3 is 0 Å². The number of benzene rings is 1. The molecule has 0 atom stereocenters. The second kappa shape index (κ2) is 4.47. The van der Waals surface area contributed by atoms with Crippen LogP contribution in [0.3, 0.4) is 0 Å². The van der Waals surface area contributed by atoms with Crippen LogP contribution in [0.15, 0.2) is 34.9 Å². The average molecular weight is 224 g/mol. The summed E-state index contributed by atoms with van der Waals surface area (Å²) in [4.78, 5) is 0. The van der Waals surface area contributed by atoms with Crippen molar-refractivity contribution in [3.05, 3.63) is 41.1 Å². The molecule has 15 heavy (non-hydrogen) atoms. The molecule has 2 rings (SSSR count). The molecule has 0 saturated carbocycles. The van der Waals surface area contributed by atoms with Crippen molar-refractivity contribution < 1.29 is 9.26 Å². The number of hydrogen-bond acceptors (Lipinski definition) is 3. The monoisotopic (exact) mass is 223 g/mol. The minimum atomic E-state index is 0.294. The minimum Gasteiger partial charge on any atom is -0.380 e. The van der Waals surface area contributed by atoms with Gasteiger partial charge < -0.3 is 9.26 Å². The van der Waals surface area contributed by atoms with Crippen LogP contribution in [0.5, 0.6) is 0 Å². The Bertz CT molecular complexity index is 453. The van der Waals surface area contributed by atoms with Gasteiger partial charge in [0.15, 0.2) is 0 Å². The number of aromatic nitrogens is 1. The molecule has 0 unspecified atom stereocenters. The maximum absolute atomic E-state index is 5.66. The fourth-order valence-electron chi connectivity index (χ4n) is 1.38.